The molecule has 298 valence electrons. The van der Waals surface area contributed by atoms with E-state index in [1.165, 1.54) is 0 Å². The van der Waals surface area contributed by atoms with E-state index in [-0.39, 0.29) is 53.2 Å². The molecule has 0 amide bonds. The Labute approximate surface area is 323 Å². The molecule has 0 bridgehead atoms. The quantitative estimate of drug-likeness (QED) is 0.0559. The third-order valence-electron chi connectivity index (χ3n) is 11.0. The number of Topliss-reactive ketones (excluding diaryl/α,β-unsaturated/α-hetero) is 3. The van der Waals surface area contributed by atoms with Gasteiger partial charge in [-0.3, -0.25) is 14.4 Å². The fraction of sp³-hybridized carbons (Fsp3) is 0.651. The van der Waals surface area contributed by atoms with Crippen LogP contribution >= 0.6 is 0 Å². The maximum atomic E-state index is 13.2. The molecule has 3 atom stereocenters. The van der Waals surface area contributed by atoms with Crippen LogP contribution in [0, 0.1) is 5.92 Å². The van der Waals surface area contributed by atoms with Crippen molar-refractivity contribution < 1.29 is 37.4 Å². The summed E-state index contributed by atoms with van der Waals surface area (Å²) in [5.41, 5.74) is 2.16. The summed E-state index contributed by atoms with van der Waals surface area (Å²) < 4.78 is 30.7. The maximum absolute atomic E-state index is 13.2. The molecule has 0 fully saturated rings. The number of hydrogen-bond donors (Lipinski definition) is 0. The van der Waals surface area contributed by atoms with Gasteiger partial charge in [0, 0.05) is 45.0 Å². The normalized spacial score (nSPS) is 14.4. The fourth-order valence-corrected chi connectivity index (χ4v) is 8.26. The van der Waals surface area contributed by atoms with E-state index in [0.29, 0.717) is 52.1 Å². The zero-order valence-corrected chi connectivity index (χ0v) is 37.0. The summed E-state index contributed by atoms with van der Waals surface area (Å²) >= 11 is 0. The third kappa shape index (κ3) is 16.8. The molecule has 2 aromatic rings. The Balaban J connectivity index is 1.92. The number of ketones is 3. The van der Waals surface area contributed by atoms with E-state index < -0.39 is 28.2 Å². The number of ether oxygens (including phenoxy) is 3. The molecule has 0 saturated heterocycles. The highest BCUT2D eigenvalue weighted by Crippen LogP contribution is 2.39. The van der Waals surface area contributed by atoms with Gasteiger partial charge in [0.1, 0.15) is 11.5 Å². The standard InChI is InChI=1S/C43H70O8Si2/c1-33(41(51-53(11,12)43(5,6)7)27-29-49-31-34-16-14-13-15-17-34)30-36(44)20-24-39(45)40(46)25-23-38(50-52(9,10)42(2,3)4)26-28-48-32-35-18-21-37(47-8)22-19-35/h13-19,21-22,33,38,41H,20,23-32H2,1-12H3/t33-,38+,41-/m1/s1. The van der Waals surface area contributed by atoms with Crippen molar-refractivity contribution in [3.05, 3.63) is 65.7 Å². The predicted octanol–water partition coefficient (Wildman–Crippen LogP) is 10.3. The van der Waals surface area contributed by atoms with Crippen LogP contribution in [0.25, 0.3) is 0 Å². The Morgan fingerprint density at radius 2 is 1.15 bits per heavy atom. The highest BCUT2D eigenvalue weighted by molar-refractivity contribution is 6.74. The molecule has 0 spiro atoms. The SMILES string of the molecule is COc1ccc(COCC[C@H](CCC(=O)C(=O)CCC(=O)C[C@@H](C)[C@@H](CCOCc2ccccc2)O[Si](C)(C)C(C)(C)C)O[Si](C)(C)C(C)(C)C)cc1. The van der Waals surface area contributed by atoms with Crippen LogP contribution < -0.4 is 4.74 Å². The van der Waals surface area contributed by atoms with Crippen LogP contribution in [0.3, 0.4) is 0 Å². The van der Waals surface area contributed by atoms with E-state index in [2.05, 4.69) is 67.7 Å². The second-order valence-electron chi connectivity index (χ2n) is 17.5. The van der Waals surface area contributed by atoms with E-state index in [1.54, 1.807) is 7.11 Å². The largest absolute Gasteiger partial charge is 0.497 e. The summed E-state index contributed by atoms with van der Waals surface area (Å²) in [5.74, 6) is -0.213. The van der Waals surface area contributed by atoms with Crippen molar-refractivity contribution in [2.45, 2.75) is 155 Å². The van der Waals surface area contributed by atoms with E-state index in [1.807, 2.05) is 61.5 Å². The monoisotopic (exact) mass is 770 g/mol. The maximum Gasteiger partial charge on any atom is 0.198 e. The molecule has 0 unspecified atom stereocenters. The molecule has 2 rings (SSSR count). The van der Waals surface area contributed by atoms with Crippen molar-refractivity contribution in [2.75, 3.05) is 20.3 Å². The minimum absolute atomic E-state index is 0.00353. The van der Waals surface area contributed by atoms with Crippen molar-refractivity contribution in [1.82, 2.24) is 0 Å². The number of hydrogen-bond acceptors (Lipinski definition) is 8. The Morgan fingerprint density at radius 3 is 1.70 bits per heavy atom. The minimum Gasteiger partial charge on any atom is -0.497 e. The number of rotatable bonds is 25. The zero-order chi connectivity index (χ0) is 39.9. The van der Waals surface area contributed by atoms with Crippen molar-refractivity contribution >= 4 is 34.0 Å². The topological polar surface area (TPSA) is 97.4 Å². The van der Waals surface area contributed by atoms with Gasteiger partial charge in [0.15, 0.2) is 28.2 Å². The Kier molecular flexibility index (Phi) is 19.0. The van der Waals surface area contributed by atoms with Crippen LogP contribution in [0.1, 0.15) is 105 Å². The van der Waals surface area contributed by atoms with E-state index in [0.717, 1.165) is 16.9 Å². The summed E-state index contributed by atoms with van der Waals surface area (Å²) in [4.78, 5) is 39.2. The van der Waals surface area contributed by atoms with Gasteiger partial charge < -0.3 is 23.1 Å². The van der Waals surface area contributed by atoms with Gasteiger partial charge in [-0.15, -0.1) is 0 Å². The molecule has 0 aliphatic carbocycles. The molecular formula is C43H70O8Si2. The van der Waals surface area contributed by atoms with Gasteiger partial charge in [0.05, 0.1) is 26.4 Å². The van der Waals surface area contributed by atoms with E-state index >= 15 is 0 Å². The number of carbonyl (C=O) groups is 3. The second kappa shape index (κ2) is 21.6. The molecule has 0 aliphatic heterocycles. The lowest BCUT2D eigenvalue weighted by Crippen LogP contribution is -2.46. The zero-order valence-electron chi connectivity index (χ0n) is 35.0. The van der Waals surface area contributed by atoms with Gasteiger partial charge in [-0.25, -0.2) is 0 Å². The van der Waals surface area contributed by atoms with Crippen molar-refractivity contribution in [3.63, 3.8) is 0 Å². The van der Waals surface area contributed by atoms with Crippen LogP contribution in [0.5, 0.6) is 5.75 Å². The van der Waals surface area contributed by atoms with Gasteiger partial charge in [0.2, 0.25) is 0 Å². The lowest BCUT2D eigenvalue weighted by Gasteiger charge is -2.41. The smallest absolute Gasteiger partial charge is 0.198 e. The Hall–Kier alpha value is -2.48. The number of carbonyl (C=O) groups excluding carboxylic acids is 3. The van der Waals surface area contributed by atoms with Gasteiger partial charge in [-0.05, 0) is 84.7 Å². The van der Waals surface area contributed by atoms with Gasteiger partial charge in [-0.1, -0.05) is 90.9 Å². The van der Waals surface area contributed by atoms with E-state index in [9.17, 15) is 14.4 Å². The summed E-state index contributed by atoms with van der Waals surface area (Å²) in [7, 11) is -2.61. The Morgan fingerprint density at radius 1 is 0.642 bits per heavy atom. The van der Waals surface area contributed by atoms with Crippen molar-refractivity contribution in [2.24, 2.45) is 5.92 Å². The number of benzene rings is 2. The molecule has 0 aliphatic rings. The first-order chi connectivity index (χ1) is 24.6. The van der Waals surface area contributed by atoms with Crippen LogP contribution in [0.15, 0.2) is 54.6 Å². The fourth-order valence-electron chi connectivity index (χ4n) is 5.38. The van der Waals surface area contributed by atoms with Crippen LogP contribution in [0.2, 0.25) is 36.3 Å². The highest BCUT2D eigenvalue weighted by atomic mass is 28.4. The lowest BCUT2D eigenvalue weighted by molar-refractivity contribution is -0.137. The summed E-state index contributed by atoms with van der Waals surface area (Å²) in [5, 5.41) is 0.0160. The molecular weight excluding hydrogens is 701 g/mol. The first-order valence-electron chi connectivity index (χ1n) is 19.4. The molecule has 0 N–H and O–H groups in total. The van der Waals surface area contributed by atoms with Gasteiger partial charge in [0.25, 0.3) is 0 Å². The molecule has 0 radical (unpaired) electrons. The van der Waals surface area contributed by atoms with E-state index in [4.69, 9.17) is 23.1 Å². The summed E-state index contributed by atoms with van der Waals surface area (Å²) in [6.07, 6.45) is 1.74. The molecule has 0 saturated carbocycles. The minimum atomic E-state index is -2.14. The van der Waals surface area contributed by atoms with Gasteiger partial charge >= 0.3 is 0 Å². The van der Waals surface area contributed by atoms with Crippen LogP contribution in [-0.4, -0.2) is 66.5 Å². The molecule has 0 heterocycles. The summed E-state index contributed by atoms with van der Waals surface area (Å²) in [6, 6.07) is 17.8. The first kappa shape index (κ1) is 46.7. The predicted molar refractivity (Wildman–Crippen MR) is 219 cm³/mol. The average Bonchev–Trinajstić information content (AvgIpc) is 3.08. The highest BCUT2D eigenvalue weighted by Gasteiger charge is 2.41. The molecule has 10 heteroatoms. The molecule has 0 aromatic heterocycles. The van der Waals surface area contributed by atoms with Crippen molar-refractivity contribution in [1.29, 1.82) is 0 Å². The third-order valence-corrected chi connectivity index (χ3v) is 20.0. The average molecular weight is 771 g/mol. The Bertz CT molecular complexity index is 1390. The first-order valence-corrected chi connectivity index (χ1v) is 25.2. The van der Waals surface area contributed by atoms with Gasteiger partial charge in [-0.2, -0.15) is 0 Å². The van der Waals surface area contributed by atoms with Crippen LogP contribution in [0.4, 0.5) is 0 Å². The number of methoxy groups -OCH3 is 1. The lowest BCUT2D eigenvalue weighted by atomic mass is 9.94. The van der Waals surface area contributed by atoms with Crippen LogP contribution in [-0.2, 0) is 45.9 Å². The summed E-state index contributed by atoms with van der Waals surface area (Å²) in [6.45, 7) is 26.0. The molecule has 8 nitrogen and oxygen atoms in total. The second-order valence-corrected chi connectivity index (χ2v) is 27.1. The molecule has 53 heavy (non-hydrogen) atoms. The van der Waals surface area contributed by atoms with Crippen molar-refractivity contribution in [3.8, 4) is 5.75 Å². The molecule has 2 aromatic carbocycles.